The first-order valence-corrected chi connectivity index (χ1v) is 9.49. The maximum absolute atomic E-state index is 11.7. The molecule has 1 fully saturated rings. The first-order chi connectivity index (χ1) is 13.3. The molecule has 1 amide bonds. The fraction of sp³-hybridized carbons (Fsp3) is 0.588. The number of carbonyl (C=O) groups is 2. The van der Waals surface area contributed by atoms with Crippen molar-refractivity contribution in [2.24, 2.45) is 12.8 Å². The largest absolute Gasteiger partial charge is 0.490 e. The number of alkyl halides is 3. The third-order valence-electron chi connectivity index (χ3n) is 4.11. The first kappa shape index (κ1) is 25.0. The van der Waals surface area contributed by atoms with Gasteiger partial charge in [0.1, 0.15) is 5.75 Å². The van der Waals surface area contributed by atoms with Crippen LogP contribution in [0.2, 0.25) is 0 Å². The number of nitrogens with zero attached hydrogens (tertiary/aromatic N) is 1. The molecule has 0 saturated heterocycles. The molecule has 1 heterocycles. The molecule has 164 valence electrons. The monoisotopic (exact) mass is 485 g/mol. The van der Waals surface area contributed by atoms with Gasteiger partial charge in [-0.1, -0.05) is 0 Å². The van der Waals surface area contributed by atoms with Gasteiger partial charge in [-0.15, -0.1) is 0 Å². The van der Waals surface area contributed by atoms with Gasteiger partial charge in [0.25, 0.3) is 5.56 Å². The van der Waals surface area contributed by atoms with E-state index in [1.54, 1.807) is 20.2 Å². The van der Waals surface area contributed by atoms with Gasteiger partial charge in [0, 0.05) is 25.4 Å². The number of hydrogen-bond acceptors (Lipinski definition) is 5. The third-order valence-corrected chi connectivity index (χ3v) is 4.71. The molecule has 1 atom stereocenters. The van der Waals surface area contributed by atoms with Gasteiger partial charge in [0.05, 0.1) is 16.6 Å². The number of carboxylic acid groups (broad SMARTS) is 1. The van der Waals surface area contributed by atoms with E-state index in [1.807, 2.05) is 0 Å². The van der Waals surface area contributed by atoms with Crippen molar-refractivity contribution in [3.05, 3.63) is 27.1 Å². The van der Waals surface area contributed by atoms with E-state index in [4.69, 9.17) is 20.4 Å². The Bertz CT molecular complexity index is 775. The molecular weight excluding hydrogens is 463 g/mol. The molecular formula is C17H23BrF3N3O5. The first-order valence-electron chi connectivity index (χ1n) is 8.70. The van der Waals surface area contributed by atoms with Gasteiger partial charge in [-0.2, -0.15) is 13.2 Å². The lowest BCUT2D eigenvalue weighted by Gasteiger charge is -2.30. The van der Waals surface area contributed by atoms with Crippen molar-refractivity contribution in [3.8, 4) is 5.75 Å². The molecule has 0 aliphatic heterocycles. The average Bonchev–Trinajstić information content (AvgIpc) is 2.61. The minimum Gasteiger partial charge on any atom is -0.489 e. The van der Waals surface area contributed by atoms with Crippen molar-refractivity contribution in [1.82, 2.24) is 9.88 Å². The van der Waals surface area contributed by atoms with Crippen LogP contribution in [0.4, 0.5) is 13.2 Å². The molecule has 1 aliphatic rings. The molecule has 1 saturated carbocycles. The van der Waals surface area contributed by atoms with E-state index in [2.05, 4.69) is 21.2 Å². The van der Waals surface area contributed by atoms with E-state index in [0.717, 1.165) is 30.2 Å². The summed E-state index contributed by atoms with van der Waals surface area (Å²) in [7, 11) is 1.70. The number of aliphatic carboxylic acids is 1. The molecule has 0 spiro atoms. The Balaban J connectivity index is 0.000000516. The predicted molar refractivity (Wildman–Crippen MR) is 102 cm³/mol. The summed E-state index contributed by atoms with van der Waals surface area (Å²) in [6.45, 7) is 1.68. The van der Waals surface area contributed by atoms with Gasteiger partial charge in [0.15, 0.2) is 0 Å². The smallest absolute Gasteiger partial charge is 0.489 e. The van der Waals surface area contributed by atoms with Gasteiger partial charge in [-0.25, -0.2) is 4.79 Å². The number of aromatic nitrogens is 1. The number of nitrogens with one attached hydrogen (secondary N) is 1. The highest BCUT2D eigenvalue weighted by Gasteiger charge is 2.38. The molecule has 29 heavy (non-hydrogen) atoms. The summed E-state index contributed by atoms with van der Waals surface area (Å²) in [5.41, 5.74) is 5.45. The molecule has 12 heteroatoms. The lowest BCUT2D eigenvalue weighted by molar-refractivity contribution is -0.192. The van der Waals surface area contributed by atoms with E-state index in [1.165, 1.54) is 10.6 Å². The summed E-state index contributed by atoms with van der Waals surface area (Å²) in [4.78, 5) is 32.2. The number of rotatable bonds is 4. The Labute approximate surface area is 173 Å². The van der Waals surface area contributed by atoms with Crippen LogP contribution in [-0.2, 0) is 16.6 Å². The number of halogens is 4. The van der Waals surface area contributed by atoms with E-state index < -0.39 is 18.2 Å². The summed E-state index contributed by atoms with van der Waals surface area (Å²) in [5.74, 6) is -2.29. The Kier molecular flexibility index (Phi) is 9.14. The van der Waals surface area contributed by atoms with Crippen molar-refractivity contribution in [3.63, 3.8) is 0 Å². The zero-order valence-electron chi connectivity index (χ0n) is 15.8. The summed E-state index contributed by atoms with van der Waals surface area (Å²) in [5, 5.41) is 10.1. The molecule has 0 aromatic carbocycles. The number of carbonyl (C=O) groups excluding carboxylic acids is 1. The van der Waals surface area contributed by atoms with E-state index in [-0.39, 0.29) is 23.6 Å². The van der Waals surface area contributed by atoms with Gasteiger partial charge in [-0.3, -0.25) is 9.59 Å². The maximum atomic E-state index is 11.7. The summed E-state index contributed by atoms with van der Waals surface area (Å²) >= 11 is 3.41. The molecule has 1 aromatic heterocycles. The predicted octanol–water partition coefficient (Wildman–Crippen LogP) is 1.93. The Morgan fingerprint density at radius 1 is 1.34 bits per heavy atom. The standard InChI is InChI=1S/C15H22BrN3O3.C2HF3O2/c1-9(17)15(21)18-10-3-5-11(6-4-10)22-13-7-14(20)19(2)8-12(13)16;3-2(4,5)1(6)7/h7-11H,3-6,17H2,1-2H3,(H,18,21);(H,6,7). The third kappa shape index (κ3) is 8.44. The molecule has 8 nitrogen and oxygen atoms in total. The second-order valence-electron chi connectivity index (χ2n) is 6.63. The van der Waals surface area contributed by atoms with E-state index >= 15 is 0 Å². The number of hydrogen-bond donors (Lipinski definition) is 3. The highest BCUT2D eigenvalue weighted by atomic mass is 79.9. The van der Waals surface area contributed by atoms with Gasteiger partial charge in [-0.05, 0) is 48.5 Å². The van der Waals surface area contributed by atoms with Crippen molar-refractivity contribution in [2.75, 3.05) is 0 Å². The molecule has 0 bridgehead atoms. The lowest BCUT2D eigenvalue weighted by Crippen LogP contribution is -2.46. The van der Waals surface area contributed by atoms with Gasteiger partial charge >= 0.3 is 12.1 Å². The van der Waals surface area contributed by atoms with Crippen LogP contribution in [0.25, 0.3) is 0 Å². The zero-order valence-corrected chi connectivity index (χ0v) is 17.4. The van der Waals surface area contributed by atoms with Crippen LogP contribution < -0.4 is 21.3 Å². The number of amides is 1. The normalized spacial score (nSPS) is 20.1. The van der Waals surface area contributed by atoms with Crippen LogP contribution in [0.5, 0.6) is 5.75 Å². The number of aryl methyl sites for hydroxylation is 1. The SMILES string of the molecule is CC(N)C(=O)NC1CCC(Oc2cc(=O)n(C)cc2Br)CC1.O=C(O)C(F)(F)F. The fourth-order valence-corrected chi connectivity index (χ4v) is 3.02. The van der Waals surface area contributed by atoms with Crippen molar-refractivity contribution < 1.29 is 32.6 Å². The Morgan fingerprint density at radius 3 is 2.31 bits per heavy atom. The van der Waals surface area contributed by atoms with Crippen LogP contribution in [-0.4, -0.2) is 45.9 Å². The van der Waals surface area contributed by atoms with Crippen LogP contribution in [0.1, 0.15) is 32.6 Å². The molecule has 4 N–H and O–H groups in total. The minimum absolute atomic E-state index is 0.0619. The Hall–Kier alpha value is -2.08. The highest BCUT2D eigenvalue weighted by Crippen LogP contribution is 2.28. The maximum Gasteiger partial charge on any atom is 0.490 e. The van der Waals surface area contributed by atoms with Crippen molar-refractivity contribution in [2.45, 2.75) is 57.0 Å². The number of ether oxygens (including phenoxy) is 1. The number of nitrogens with two attached hydrogens (primary N) is 1. The average molecular weight is 486 g/mol. The molecule has 0 radical (unpaired) electrons. The van der Waals surface area contributed by atoms with E-state index in [9.17, 15) is 22.8 Å². The fourth-order valence-electron chi connectivity index (χ4n) is 2.51. The van der Waals surface area contributed by atoms with Crippen LogP contribution in [0.3, 0.4) is 0 Å². The minimum atomic E-state index is -5.08. The Morgan fingerprint density at radius 2 is 1.86 bits per heavy atom. The van der Waals surface area contributed by atoms with E-state index in [0.29, 0.717) is 5.75 Å². The van der Waals surface area contributed by atoms with Crippen molar-refractivity contribution in [1.29, 1.82) is 0 Å². The lowest BCUT2D eigenvalue weighted by atomic mass is 9.92. The number of carboxylic acids is 1. The van der Waals surface area contributed by atoms with Crippen molar-refractivity contribution >= 4 is 27.8 Å². The van der Waals surface area contributed by atoms with Crippen LogP contribution in [0.15, 0.2) is 21.5 Å². The molecule has 2 rings (SSSR count). The van der Waals surface area contributed by atoms with Crippen LogP contribution in [0, 0.1) is 0 Å². The number of pyridine rings is 1. The molecule has 1 unspecified atom stereocenters. The van der Waals surface area contributed by atoms with Gasteiger partial charge in [0.2, 0.25) is 5.91 Å². The highest BCUT2D eigenvalue weighted by molar-refractivity contribution is 9.10. The molecule has 1 aliphatic carbocycles. The summed E-state index contributed by atoms with van der Waals surface area (Å²) in [6.07, 6.45) is 0.0623. The topological polar surface area (TPSA) is 124 Å². The van der Waals surface area contributed by atoms with Crippen LogP contribution >= 0.6 is 15.9 Å². The quantitative estimate of drug-likeness (QED) is 0.598. The van der Waals surface area contributed by atoms with Gasteiger partial charge < -0.3 is 25.5 Å². The summed E-state index contributed by atoms with van der Waals surface area (Å²) in [6, 6.07) is 1.17. The second-order valence-corrected chi connectivity index (χ2v) is 7.48. The second kappa shape index (κ2) is 10.6. The summed E-state index contributed by atoms with van der Waals surface area (Å²) < 4.78 is 39.9. The molecule has 1 aromatic rings. The zero-order chi connectivity index (χ0) is 22.4.